The van der Waals surface area contributed by atoms with E-state index in [1.807, 2.05) is 0 Å². The molecule has 5 atom stereocenters. The first kappa shape index (κ1) is 19.1. The molecule has 5 N–H and O–H groups in total. The number of aromatic hydroxyl groups is 1. The van der Waals surface area contributed by atoms with Gasteiger partial charge in [-0.3, -0.25) is 0 Å². The lowest BCUT2D eigenvalue weighted by Gasteiger charge is -2.39. The van der Waals surface area contributed by atoms with Crippen LogP contribution >= 0.6 is 0 Å². The molecule has 0 aliphatic carbocycles. The number of rotatable bonds is 5. The summed E-state index contributed by atoms with van der Waals surface area (Å²) in [6.45, 7) is 2.85. The minimum Gasteiger partial charge on any atom is -0.507 e. The van der Waals surface area contributed by atoms with E-state index >= 15 is 0 Å². The molecule has 1 aliphatic rings. The fraction of sp³-hybridized carbons (Fsp3) is 0.353. The van der Waals surface area contributed by atoms with Crippen LogP contribution in [0.15, 0.2) is 46.2 Å². The summed E-state index contributed by atoms with van der Waals surface area (Å²) < 4.78 is 10.3. The molecule has 0 saturated carbocycles. The van der Waals surface area contributed by atoms with Crippen LogP contribution in [0, 0.1) is 0 Å². The maximum absolute atomic E-state index is 12.2. The van der Waals surface area contributed by atoms with Crippen LogP contribution < -0.4 is 5.63 Å². The molecule has 1 saturated heterocycles. The summed E-state index contributed by atoms with van der Waals surface area (Å²) in [6.07, 6.45) is 0.236. The molecule has 0 radical (unpaired) electrons. The Hall–Kier alpha value is -2.23. The Bertz CT molecular complexity index is 718. The maximum atomic E-state index is 12.2. The van der Waals surface area contributed by atoms with Gasteiger partial charge < -0.3 is 34.7 Å². The van der Waals surface area contributed by atoms with Gasteiger partial charge in [-0.05, 0) is 6.08 Å². The lowest BCUT2D eigenvalue weighted by Crippen LogP contribution is -2.55. The van der Waals surface area contributed by atoms with Crippen LogP contribution in [0.4, 0.5) is 0 Å². The van der Waals surface area contributed by atoms with Gasteiger partial charge in [0.25, 0.3) is 0 Å². The predicted molar refractivity (Wildman–Crippen MR) is 87.7 cm³/mol. The Kier molecular flexibility index (Phi) is 6.29. The fourth-order valence-electron chi connectivity index (χ4n) is 2.49. The molecule has 0 bridgehead atoms. The lowest BCUT2D eigenvalue weighted by atomic mass is 9.91. The van der Waals surface area contributed by atoms with Crippen LogP contribution in [0.5, 0.6) is 5.75 Å². The normalized spacial score (nSPS) is 30.2. The molecule has 2 rings (SSSR count). The molecule has 8 heteroatoms. The molecule has 1 fully saturated rings. The first-order valence-electron chi connectivity index (χ1n) is 7.54. The number of allylic oxidation sites excluding steroid dienone is 4. The summed E-state index contributed by atoms with van der Waals surface area (Å²) in [5.74, 6) is -0.447. The van der Waals surface area contributed by atoms with E-state index < -0.39 is 54.1 Å². The number of hydrogen-bond donors (Lipinski definition) is 5. The quantitative estimate of drug-likeness (QED) is 0.452. The first-order chi connectivity index (χ1) is 11.9. The van der Waals surface area contributed by atoms with Crippen LogP contribution in [-0.2, 0) is 4.74 Å². The zero-order valence-electron chi connectivity index (χ0n) is 13.2. The topological polar surface area (TPSA) is 141 Å². The highest BCUT2D eigenvalue weighted by Gasteiger charge is 2.46. The standard InChI is InChI=1S/C17H20O8/c1-2-3-4-5-6-9-7-10(19)12(17(23)24-9)16-15(22)14(21)13(20)11(8-18)25-16/h2-7,11,13-16,18-22H,1,8H2/b4-3+,6-5+. The van der Waals surface area contributed by atoms with Gasteiger partial charge in [0.05, 0.1) is 6.61 Å². The Balaban J connectivity index is 2.36. The van der Waals surface area contributed by atoms with Crippen molar-refractivity contribution in [3.05, 3.63) is 58.7 Å². The third-order valence-corrected chi connectivity index (χ3v) is 3.78. The Morgan fingerprint density at radius 2 is 1.84 bits per heavy atom. The van der Waals surface area contributed by atoms with Crippen LogP contribution in [0.3, 0.4) is 0 Å². The van der Waals surface area contributed by atoms with Crippen LogP contribution in [0.1, 0.15) is 17.4 Å². The summed E-state index contributed by atoms with van der Waals surface area (Å²) in [5, 5.41) is 48.9. The van der Waals surface area contributed by atoms with Gasteiger partial charge in [0.2, 0.25) is 0 Å². The first-order valence-corrected chi connectivity index (χ1v) is 7.54. The van der Waals surface area contributed by atoms with Crippen molar-refractivity contribution in [2.45, 2.75) is 30.5 Å². The molecule has 5 unspecified atom stereocenters. The van der Waals surface area contributed by atoms with E-state index in [4.69, 9.17) is 9.15 Å². The SMILES string of the molecule is C=C/C=C/C=C/c1cc(O)c(C2OC(CO)C(O)C(O)C2O)c(=O)o1. The van der Waals surface area contributed by atoms with Gasteiger partial charge in [0, 0.05) is 6.07 Å². The van der Waals surface area contributed by atoms with Gasteiger partial charge in [0.1, 0.15) is 47.6 Å². The molecule has 2 heterocycles. The lowest BCUT2D eigenvalue weighted by molar-refractivity contribution is -0.232. The Morgan fingerprint density at radius 1 is 1.12 bits per heavy atom. The minimum atomic E-state index is -1.69. The molecule has 8 nitrogen and oxygen atoms in total. The van der Waals surface area contributed by atoms with Gasteiger partial charge in [0.15, 0.2) is 0 Å². The zero-order valence-corrected chi connectivity index (χ0v) is 13.2. The van der Waals surface area contributed by atoms with E-state index in [0.717, 1.165) is 6.07 Å². The monoisotopic (exact) mass is 352 g/mol. The van der Waals surface area contributed by atoms with E-state index in [2.05, 4.69) is 6.58 Å². The van der Waals surface area contributed by atoms with Crippen molar-refractivity contribution >= 4 is 6.08 Å². The molecule has 0 spiro atoms. The third kappa shape index (κ3) is 4.06. The summed E-state index contributed by atoms with van der Waals surface area (Å²) in [6, 6.07) is 1.15. The molecule has 0 aromatic carbocycles. The highest BCUT2D eigenvalue weighted by atomic mass is 16.5. The van der Waals surface area contributed by atoms with Gasteiger partial charge in [-0.1, -0.05) is 30.9 Å². The van der Waals surface area contributed by atoms with E-state index in [0.29, 0.717) is 0 Å². The summed E-state index contributed by atoms with van der Waals surface area (Å²) >= 11 is 0. The van der Waals surface area contributed by atoms with Crippen LogP contribution in [0.2, 0.25) is 0 Å². The second kappa shape index (κ2) is 8.24. The highest BCUT2D eigenvalue weighted by Crippen LogP contribution is 2.35. The van der Waals surface area contributed by atoms with Crippen molar-refractivity contribution in [3.63, 3.8) is 0 Å². The van der Waals surface area contributed by atoms with Crippen molar-refractivity contribution in [1.82, 2.24) is 0 Å². The number of aliphatic hydroxyl groups excluding tert-OH is 4. The summed E-state index contributed by atoms with van der Waals surface area (Å²) in [5.41, 5.74) is -1.38. The molecule has 136 valence electrons. The average Bonchev–Trinajstić information content (AvgIpc) is 2.58. The van der Waals surface area contributed by atoms with Crippen molar-refractivity contribution in [2.75, 3.05) is 6.61 Å². The average molecular weight is 352 g/mol. The molecular formula is C17H20O8. The van der Waals surface area contributed by atoms with Gasteiger partial charge in [-0.15, -0.1) is 0 Å². The van der Waals surface area contributed by atoms with Crippen LogP contribution in [0.25, 0.3) is 6.08 Å². The van der Waals surface area contributed by atoms with Crippen molar-refractivity contribution in [3.8, 4) is 5.75 Å². The number of aliphatic hydroxyl groups is 4. The summed E-state index contributed by atoms with van der Waals surface area (Å²) in [4.78, 5) is 12.2. The van der Waals surface area contributed by atoms with E-state index in [1.165, 1.54) is 6.08 Å². The fourth-order valence-corrected chi connectivity index (χ4v) is 2.49. The largest absolute Gasteiger partial charge is 0.507 e. The maximum Gasteiger partial charge on any atom is 0.345 e. The Morgan fingerprint density at radius 3 is 2.44 bits per heavy atom. The van der Waals surface area contributed by atoms with Gasteiger partial charge >= 0.3 is 5.63 Å². The van der Waals surface area contributed by atoms with E-state index in [-0.39, 0.29) is 5.76 Å². The minimum absolute atomic E-state index is 0.0598. The summed E-state index contributed by atoms with van der Waals surface area (Å²) in [7, 11) is 0. The molecule has 25 heavy (non-hydrogen) atoms. The zero-order chi connectivity index (χ0) is 18.6. The molecule has 1 aliphatic heterocycles. The second-order valence-corrected chi connectivity index (χ2v) is 5.46. The second-order valence-electron chi connectivity index (χ2n) is 5.46. The van der Waals surface area contributed by atoms with Crippen molar-refractivity contribution in [1.29, 1.82) is 0 Å². The highest BCUT2D eigenvalue weighted by molar-refractivity contribution is 5.49. The van der Waals surface area contributed by atoms with Crippen molar-refractivity contribution in [2.24, 2.45) is 0 Å². The van der Waals surface area contributed by atoms with Crippen molar-refractivity contribution < 1.29 is 34.7 Å². The predicted octanol–water partition coefficient (Wildman–Crippen LogP) is -0.384. The molecule has 1 aromatic rings. The third-order valence-electron chi connectivity index (χ3n) is 3.78. The molecule has 1 aromatic heterocycles. The van der Waals surface area contributed by atoms with Crippen LogP contribution in [-0.4, -0.2) is 56.6 Å². The smallest absolute Gasteiger partial charge is 0.345 e. The molecular weight excluding hydrogens is 332 g/mol. The van der Waals surface area contributed by atoms with Gasteiger partial charge in [-0.2, -0.15) is 0 Å². The molecule has 0 amide bonds. The van der Waals surface area contributed by atoms with E-state index in [9.17, 15) is 30.3 Å². The number of ether oxygens (including phenoxy) is 1. The Labute approximate surface area is 143 Å². The van der Waals surface area contributed by atoms with Gasteiger partial charge in [-0.25, -0.2) is 4.79 Å². The number of hydrogen-bond acceptors (Lipinski definition) is 8. The van der Waals surface area contributed by atoms with E-state index in [1.54, 1.807) is 24.3 Å².